The van der Waals surface area contributed by atoms with Crippen molar-refractivity contribution in [2.45, 2.75) is 39.3 Å². The van der Waals surface area contributed by atoms with Crippen molar-refractivity contribution in [3.05, 3.63) is 52.2 Å². The van der Waals surface area contributed by atoms with Crippen LogP contribution in [-0.2, 0) is 13.0 Å². The number of aromatic amines is 1. The van der Waals surface area contributed by atoms with E-state index in [4.69, 9.17) is 0 Å². The molecule has 1 fully saturated rings. The number of H-pyrrole nitrogens is 1. The SMILES string of the molecule is CCc1ncccc1CN1CCN(c2cn[nH]c(=O)c2)[C@H](CC)C1. The molecule has 0 aliphatic carbocycles. The minimum Gasteiger partial charge on any atom is -0.365 e. The van der Waals surface area contributed by atoms with Crippen LogP contribution in [0.1, 0.15) is 31.5 Å². The number of pyridine rings is 1. The third-order valence-electron chi connectivity index (χ3n) is 4.73. The Balaban J connectivity index is 1.72. The summed E-state index contributed by atoms with van der Waals surface area (Å²) in [4.78, 5) is 20.8. The number of anilines is 1. The summed E-state index contributed by atoms with van der Waals surface area (Å²) in [5.74, 6) is 0. The molecule has 1 aliphatic rings. The van der Waals surface area contributed by atoms with Gasteiger partial charge < -0.3 is 4.90 Å². The molecule has 0 aromatic carbocycles. The van der Waals surface area contributed by atoms with Gasteiger partial charge in [-0.05, 0) is 24.5 Å². The standard InChI is InChI=1S/C18H25N5O/c1-3-15-13-22(12-14-6-5-7-19-17(14)4-2)8-9-23(15)16-10-18(24)21-20-11-16/h5-7,10-11,15H,3-4,8-9,12-13H2,1-2H3,(H,21,24)/t15-/m1/s1. The number of hydrogen-bond donors (Lipinski definition) is 1. The summed E-state index contributed by atoms with van der Waals surface area (Å²) in [5, 5.41) is 6.38. The van der Waals surface area contributed by atoms with Crippen molar-refractivity contribution in [2.24, 2.45) is 0 Å². The number of nitrogens with zero attached hydrogens (tertiary/aromatic N) is 4. The Bertz CT molecular complexity index is 729. The van der Waals surface area contributed by atoms with E-state index in [0.29, 0.717) is 6.04 Å². The molecule has 0 radical (unpaired) electrons. The Hall–Kier alpha value is -2.21. The molecule has 3 heterocycles. The maximum absolute atomic E-state index is 11.5. The normalized spacial score (nSPS) is 18.8. The van der Waals surface area contributed by atoms with Crippen molar-refractivity contribution < 1.29 is 0 Å². The molecule has 0 unspecified atom stereocenters. The van der Waals surface area contributed by atoms with E-state index in [1.165, 1.54) is 11.3 Å². The molecule has 0 saturated carbocycles. The second kappa shape index (κ2) is 7.57. The van der Waals surface area contributed by atoms with Crippen molar-refractivity contribution in [1.29, 1.82) is 0 Å². The highest BCUT2D eigenvalue weighted by molar-refractivity contribution is 5.44. The predicted molar refractivity (Wildman–Crippen MR) is 95.2 cm³/mol. The molecular weight excluding hydrogens is 302 g/mol. The van der Waals surface area contributed by atoms with Crippen molar-refractivity contribution in [3.63, 3.8) is 0 Å². The van der Waals surface area contributed by atoms with Gasteiger partial charge in [0.05, 0.1) is 11.9 Å². The van der Waals surface area contributed by atoms with Gasteiger partial charge in [0.25, 0.3) is 5.56 Å². The third-order valence-corrected chi connectivity index (χ3v) is 4.73. The zero-order valence-corrected chi connectivity index (χ0v) is 14.4. The molecule has 1 aliphatic heterocycles. The molecule has 2 aromatic heterocycles. The monoisotopic (exact) mass is 327 g/mol. The van der Waals surface area contributed by atoms with Gasteiger partial charge in [0, 0.05) is 50.2 Å². The highest BCUT2D eigenvalue weighted by atomic mass is 16.1. The Labute approximate surface area is 142 Å². The van der Waals surface area contributed by atoms with E-state index < -0.39 is 0 Å². The largest absolute Gasteiger partial charge is 0.365 e. The first kappa shape index (κ1) is 16.6. The third kappa shape index (κ3) is 3.64. The minimum absolute atomic E-state index is 0.146. The van der Waals surface area contributed by atoms with Gasteiger partial charge in [-0.3, -0.25) is 14.7 Å². The van der Waals surface area contributed by atoms with Crippen LogP contribution in [0.5, 0.6) is 0 Å². The van der Waals surface area contributed by atoms with E-state index in [0.717, 1.165) is 44.7 Å². The Kier molecular flexibility index (Phi) is 5.25. The topological polar surface area (TPSA) is 65.1 Å². The lowest BCUT2D eigenvalue weighted by Crippen LogP contribution is -2.53. The van der Waals surface area contributed by atoms with Gasteiger partial charge in [0.2, 0.25) is 0 Å². The first-order valence-electron chi connectivity index (χ1n) is 8.67. The van der Waals surface area contributed by atoms with E-state index in [9.17, 15) is 4.79 Å². The van der Waals surface area contributed by atoms with E-state index in [1.54, 1.807) is 12.3 Å². The van der Waals surface area contributed by atoms with Gasteiger partial charge >= 0.3 is 0 Å². The van der Waals surface area contributed by atoms with Crippen LogP contribution in [0.2, 0.25) is 0 Å². The number of aryl methyl sites for hydroxylation is 1. The average molecular weight is 327 g/mol. The molecule has 0 spiro atoms. The van der Waals surface area contributed by atoms with E-state index in [2.05, 4.69) is 44.9 Å². The fraction of sp³-hybridized carbons (Fsp3) is 0.500. The zero-order chi connectivity index (χ0) is 16.9. The summed E-state index contributed by atoms with van der Waals surface area (Å²) in [6.07, 6.45) is 5.62. The first-order valence-corrected chi connectivity index (χ1v) is 8.67. The van der Waals surface area contributed by atoms with Crippen LogP contribution in [-0.4, -0.2) is 45.8 Å². The van der Waals surface area contributed by atoms with Crippen molar-refractivity contribution in [3.8, 4) is 0 Å². The summed E-state index contributed by atoms with van der Waals surface area (Å²) in [5.41, 5.74) is 3.28. The highest BCUT2D eigenvalue weighted by Crippen LogP contribution is 2.22. The van der Waals surface area contributed by atoms with Crippen molar-refractivity contribution in [2.75, 3.05) is 24.5 Å². The van der Waals surface area contributed by atoms with Gasteiger partial charge in [0.1, 0.15) is 0 Å². The Morgan fingerprint density at radius 2 is 2.21 bits per heavy atom. The fourth-order valence-corrected chi connectivity index (χ4v) is 3.45. The number of hydrogen-bond acceptors (Lipinski definition) is 5. The molecule has 2 aromatic rings. The van der Waals surface area contributed by atoms with E-state index in [1.807, 2.05) is 12.3 Å². The molecule has 128 valence electrons. The summed E-state index contributed by atoms with van der Waals surface area (Å²) < 4.78 is 0. The van der Waals surface area contributed by atoms with E-state index >= 15 is 0 Å². The average Bonchev–Trinajstić information content (AvgIpc) is 2.62. The highest BCUT2D eigenvalue weighted by Gasteiger charge is 2.26. The molecule has 1 N–H and O–H groups in total. The lowest BCUT2D eigenvalue weighted by molar-refractivity contribution is 0.211. The molecule has 0 bridgehead atoms. The maximum Gasteiger partial charge on any atom is 0.266 e. The van der Waals surface area contributed by atoms with Crippen LogP contribution in [0.3, 0.4) is 0 Å². The molecule has 6 nitrogen and oxygen atoms in total. The van der Waals surface area contributed by atoms with Crippen LogP contribution in [0, 0.1) is 0 Å². The molecule has 0 amide bonds. The first-order chi connectivity index (χ1) is 11.7. The number of piperazine rings is 1. The number of rotatable bonds is 5. The zero-order valence-electron chi connectivity index (χ0n) is 14.4. The Morgan fingerprint density at radius 3 is 2.96 bits per heavy atom. The number of aromatic nitrogens is 3. The predicted octanol–water partition coefficient (Wildman–Crippen LogP) is 1.83. The van der Waals surface area contributed by atoms with Gasteiger partial charge in [-0.1, -0.05) is 19.9 Å². The van der Waals surface area contributed by atoms with Crippen LogP contribution in [0.4, 0.5) is 5.69 Å². The molecule has 1 atom stereocenters. The van der Waals surface area contributed by atoms with E-state index in [-0.39, 0.29) is 5.56 Å². The van der Waals surface area contributed by atoms with Crippen LogP contribution in [0.25, 0.3) is 0 Å². The number of nitrogens with one attached hydrogen (secondary N) is 1. The second-order valence-corrected chi connectivity index (χ2v) is 6.26. The molecule has 3 rings (SSSR count). The van der Waals surface area contributed by atoms with Crippen LogP contribution >= 0.6 is 0 Å². The van der Waals surface area contributed by atoms with Crippen molar-refractivity contribution >= 4 is 5.69 Å². The van der Waals surface area contributed by atoms with Gasteiger partial charge in [-0.25, -0.2) is 5.10 Å². The lowest BCUT2D eigenvalue weighted by Gasteiger charge is -2.42. The van der Waals surface area contributed by atoms with Gasteiger partial charge in [0.15, 0.2) is 0 Å². The molecule has 24 heavy (non-hydrogen) atoms. The lowest BCUT2D eigenvalue weighted by atomic mass is 10.1. The summed E-state index contributed by atoms with van der Waals surface area (Å²) in [6, 6.07) is 6.23. The summed E-state index contributed by atoms with van der Waals surface area (Å²) in [7, 11) is 0. The molecular formula is C18H25N5O. The maximum atomic E-state index is 11.5. The van der Waals surface area contributed by atoms with Gasteiger partial charge in [-0.15, -0.1) is 0 Å². The molecule has 1 saturated heterocycles. The van der Waals surface area contributed by atoms with Crippen LogP contribution < -0.4 is 10.5 Å². The van der Waals surface area contributed by atoms with Crippen LogP contribution in [0.15, 0.2) is 35.4 Å². The molecule has 6 heteroatoms. The summed E-state index contributed by atoms with van der Waals surface area (Å²) >= 11 is 0. The minimum atomic E-state index is -0.146. The quantitative estimate of drug-likeness (QED) is 0.907. The fourth-order valence-electron chi connectivity index (χ4n) is 3.45. The smallest absolute Gasteiger partial charge is 0.266 e. The van der Waals surface area contributed by atoms with Crippen molar-refractivity contribution in [1.82, 2.24) is 20.1 Å². The Morgan fingerprint density at radius 1 is 1.33 bits per heavy atom. The summed E-state index contributed by atoms with van der Waals surface area (Å²) in [6.45, 7) is 8.16. The second-order valence-electron chi connectivity index (χ2n) is 6.26. The van der Waals surface area contributed by atoms with Gasteiger partial charge in [-0.2, -0.15) is 5.10 Å².